The first-order valence-corrected chi connectivity index (χ1v) is 11.2. The lowest BCUT2D eigenvalue weighted by Gasteiger charge is -2.28. The fourth-order valence-corrected chi connectivity index (χ4v) is 5.98. The molecule has 0 radical (unpaired) electrons. The van der Waals surface area contributed by atoms with Crippen molar-refractivity contribution in [2.45, 2.75) is 17.7 Å². The number of morpholine rings is 1. The van der Waals surface area contributed by atoms with Gasteiger partial charge in [0.05, 0.1) is 23.7 Å². The summed E-state index contributed by atoms with van der Waals surface area (Å²) < 4.78 is 32.9. The summed E-state index contributed by atoms with van der Waals surface area (Å²) in [6, 6.07) is 6.61. The summed E-state index contributed by atoms with van der Waals surface area (Å²) in [5.74, 6) is 1.07. The van der Waals surface area contributed by atoms with E-state index >= 15 is 0 Å². The quantitative estimate of drug-likeness (QED) is 0.821. The predicted molar refractivity (Wildman–Crippen MR) is 101 cm³/mol. The molecule has 1 N–H and O–H groups in total. The highest BCUT2D eigenvalue weighted by Crippen LogP contribution is 2.29. The normalized spacial score (nSPS) is 27.2. The highest BCUT2D eigenvalue weighted by Gasteiger charge is 2.34. The van der Waals surface area contributed by atoms with Crippen molar-refractivity contribution >= 4 is 15.9 Å². The van der Waals surface area contributed by atoms with E-state index in [-0.39, 0.29) is 16.4 Å². The van der Waals surface area contributed by atoms with Gasteiger partial charge in [-0.15, -0.1) is 0 Å². The van der Waals surface area contributed by atoms with Crippen molar-refractivity contribution < 1.29 is 17.9 Å². The van der Waals surface area contributed by atoms with E-state index in [1.807, 2.05) is 4.90 Å². The van der Waals surface area contributed by atoms with Gasteiger partial charge >= 0.3 is 0 Å². The molecular formula is C19H27N3O4S. The molecule has 3 aliphatic heterocycles. The molecular weight excluding hydrogens is 366 g/mol. The van der Waals surface area contributed by atoms with Crippen LogP contribution in [0.4, 0.5) is 0 Å². The van der Waals surface area contributed by atoms with Gasteiger partial charge in [-0.25, -0.2) is 8.42 Å². The van der Waals surface area contributed by atoms with Crippen LogP contribution in [0.3, 0.4) is 0 Å². The standard InChI is InChI=1S/C19H27N3O4S/c23-19(21-7-5-15-13-20-14-16(15)6-8-21)17-3-1-2-4-18(17)27(24,25)22-9-11-26-12-10-22/h1-4,15-16,20H,5-14H2/t15-,16+. The van der Waals surface area contributed by atoms with Crippen molar-refractivity contribution in [2.24, 2.45) is 11.8 Å². The average molecular weight is 394 g/mol. The molecule has 3 fully saturated rings. The van der Waals surface area contributed by atoms with Crippen LogP contribution in [0.25, 0.3) is 0 Å². The lowest BCUT2D eigenvalue weighted by Crippen LogP contribution is -2.41. The number of nitrogens with zero attached hydrogens (tertiary/aromatic N) is 2. The SMILES string of the molecule is O=C(c1ccccc1S(=O)(=O)N1CCOCC1)N1CC[C@@H]2CNC[C@@H]2CC1. The first kappa shape index (κ1) is 18.9. The zero-order chi connectivity index (χ0) is 18.9. The average Bonchev–Trinajstić information content (AvgIpc) is 3.06. The Hall–Kier alpha value is -1.48. The van der Waals surface area contributed by atoms with Crippen molar-refractivity contribution in [3.63, 3.8) is 0 Å². The third kappa shape index (κ3) is 3.76. The maximum absolute atomic E-state index is 13.2. The van der Waals surface area contributed by atoms with Crippen LogP contribution in [0.5, 0.6) is 0 Å². The van der Waals surface area contributed by atoms with Crippen molar-refractivity contribution in [1.29, 1.82) is 0 Å². The number of likely N-dealkylation sites (tertiary alicyclic amines) is 1. The number of amides is 1. The van der Waals surface area contributed by atoms with Crippen LogP contribution in [0.2, 0.25) is 0 Å². The number of carbonyl (C=O) groups is 1. The molecule has 4 rings (SSSR count). The number of ether oxygens (including phenoxy) is 1. The van der Waals surface area contributed by atoms with Crippen LogP contribution in [0.1, 0.15) is 23.2 Å². The highest BCUT2D eigenvalue weighted by molar-refractivity contribution is 7.89. The molecule has 0 unspecified atom stereocenters. The Balaban J connectivity index is 1.58. The number of nitrogens with one attached hydrogen (secondary N) is 1. The summed E-state index contributed by atoms with van der Waals surface area (Å²) in [4.78, 5) is 15.2. The van der Waals surface area contributed by atoms with Crippen molar-refractivity contribution in [3.8, 4) is 0 Å². The number of hydrogen-bond donors (Lipinski definition) is 1. The van der Waals surface area contributed by atoms with Gasteiger partial charge in [0.15, 0.2) is 0 Å². The zero-order valence-electron chi connectivity index (χ0n) is 15.5. The van der Waals surface area contributed by atoms with Gasteiger partial charge < -0.3 is 15.0 Å². The molecule has 27 heavy (non-hydrogen) atoms. The Bertz CT molecular complexity index is 778. The first-order valence-electron chi connectivity index (χ1n) is 9.74. The molecule has 1 amide bonds. The van der Waals surface area contributed by atoms with Crippen molar-refractivity contribution in [1.82, 2.24) is 14.5 Å². The Morgan fingerprint density at radius 1 is 1.00 bits per heavy atom. The van der Waals surface area contributed by atoms with Crippen molar-refractivity contribution in [3.05, 3.63) is 29.8 Å². The minimum absolute atomic E-state index is 0.114. The fraction of sp³-hybridized carbons (Fsp3) is 0.632. The second-order valence-corrected chi connectivity index (χ2v) is 9.47. The molecule has 148 valence electrons. The molecule has 0 spiro atoms. The maximum atomic E-state index is 13.2. The summed E-state index contributed by atoms with van der Waals surface area (Å²) in [5.41, 5.74) is 0.286. The number of hydrogen-bond acceptors (Lipinski definition) is 5. The summed E-state index contributed by atoms with van der Waals surface area (Å²) in [7, 11) is -3.70. The molecule has 3 saturated heterocycles. The Morgan fingerprint density at radius 2 is 1.63 bits per heavy atom. The summed E-state index contributed by atoms with van der Waals surface area (Å²) >= 11 is 0. The van der Waals surface area contributed by atoms with Crippen LogP contribution in [0.15, 0.2) is 29.2 Å². The number of carbonyl (C=O) groups excluding carboxylic acids is 1. The molecule has 8 heteroatoms. The minimum Gasteiger partial charge on any atom is -0.379 e. The molecule has 1 aromatic carbocycles. The van der Waals surface area contributed by atoms with Crippen LogP contribution >= 0.6 is 0 Å². The second kappa shape index (κ2) is 7.87. The number of sulfonamides is 1. The molecule has 0 saturated carbocycles. The smallest absolute Gasteiger partial charge is 0.255 e. The summed E-state index contributed by atoms with van der Waals surface area (Å²) in [6.45, 7) is 4.84. The van der Waals surface area contributed by atoms with Gasteiger partial charge in [-0.3, -0.25) is 4.79 Å². The van der Waals surface area contributed by atoms with E-state index in [4.69, 9.17) is 4.74 Å². The fourth-order valence-electron chi connectivity index (χ4n) is 4.39. The first-order chi connectivity index (χ1) is 13.1. The van der Waals surface area contributed by atoms with Gasteiger partial charge in [0.25, 0.3) is 5.91 Å². The van der Waals surface area contributed by atoms with Crippen LogP contribution in [0, 0.1) is 11.8 Å². The van der Waals surface area contributed by atoms with Gasteiger partial charge in [-0.1, -0.05) is 12.1 Å². The second-order valence-electron chi connectivity index (χ2n) is 7.56. The third-order valence-electron chi connectivity index (χ3n) is 6.01. The van der Waals surface area contributed by atoms with Crippen LogP contribution in [-0.4, -0.2) is 76.0 Å². The summed E-state index contributed by atoms with van der Waals surface area (Å²) in [5, 5.41) is 3.43. The lowest BCUT2D eigenvalue weighted by atomic mass is 9.92. The maximum Gasteiger partial charge on any atom is 0.255 e. The molecule has 0 bridgehead atoms. The molecule has 0 aliphatic carbocycles. The van der Waals surface area contributed by atoms with Gasteiger partial charge in [-0.2, -0.15) is 4.31 Å². The van der Waals surface area contributed by atoms with Gasteiger partial charge in [0.1, 0.15) is 0 Å². The molecule has 3 heterocycles. The number of fused-ring (bicyclic) bond motifs is 1. The number of rotatable bonds is 3. The zero-order valence-corrected chi connectivity index (χ0v) is 16.3. The minimum atomic E-state index is -3.70. The third-order valence-corrected chi connectivity index (χ3v) is 7.97. The Kier molecular flexibility index (Phi) is 5.50. The van der Waals surface area contributed by atoms with Gasteiger partial charge in [0, 0.05) is 26.2 Å². The number of benzene rings is 1. The molecule has 3 aliphatic rings. The van der Waals surface area contributed by atoms with Crippen LogP contribution in [-0.2, 0) is 14.8 Å². The van der Waals surface area contributed by atoms with E-state index in [9.17, 15) is 13.2 Å². The topological polar surface area (TPSA) is 79.0 Å². The molecule has 7 nitrogen and oxygen atoms in total. The Labute approximate surface area is 160 Å². The van der Waals surface area contributed by atoms with E-state index < -0.39 is 10.0 Å². The van der Waals surface area contributed by atoms with Crippen LogP contribution < -0.4 is 5.32 Å². The van der Waals surface area contributed by atoms with E-state index in [0.29, 0.717) is 51.2 Å². The van der Waals surface area contributed by atoms with E-state index in [1.165, 1.54) is 4.31 Å². The van der Waals surface area contributed by atoms with E-state index in [2.05, 4.69) is 5.32 Å². The molecule has 2 atom stereocenters. The van der Waals surface area contributed by atoms with E-state index in [0.717, 1.165) is 25.9 Å². The monoisotopic (exact) mass is 393 g/mol. The van der Waals surface area contributed by atoms with E-state index in [1.54, 1.807) is 24.3 Å². The summed E-state index contributed by atoms with van der Waals surface area (Å²) in [6.07, 6.45) is 1.95. The van der Waals surface area contributed by atoms with Crippen molar-refractivity contribution in [2.75, 3.05) is 52.5 Å². The van der Waals surface area contributed by atoms with Gasteiger partial charge in [-0.05, 0) is 49.9 Å². The Morgan fingerprint density at radius 3 is 2.30 bits per heavy atom. The largest absolute Gasteiger partial charge is 0.379 e. The lowest BCUT2D eigenvalue weighted by molar-refractivity contribution is 0.0725. The van der Waals surface area contributed by atoms with Gasteiger partial charge in [0.2, 0.25) is 10.0 Å². The highest BCUT2D eigenvalue weighted by atomic mass is 32.2. The molecule has 0 aromatic heterocycles. The molecule has 1 aromatic rings. The predicted octanol–water partition coefficient (Wildman–Crippen LogP) is 0.779.